The fraction of sp³-hybridized carbons (Fsp3) is 0.107. The van der Waals surface area contributed by atoms with Gasteiger partial charge in [-0.2, -0.15) is 14.5 Å². The van der Waals surface area contributed by atoms with Crippen LogP contribution >= 0.6 is 0 Å². The quantitative estimate of drug-likeness (QED) is 0.292. The van der Waals surface area contributed by atoms with E-state index in [2.05, 4.69) is 4.99 Å². The number of nitrogens with two attached hydrogens (primary N) is 1. The second kappa shape index (κ2) is 11.3. The van der Waals surface area contributed by atoms with E-state index in [0.29, 0.717) is 11.3 Å². The number of hydrogen-bond donors (Lipinski definition) is 1. The molecule has 4 amide bonds. The molecule has 3 aromatic carbocycles. The Balaban J connectivity index is 1.79. The van der Waals surface area contributed by atoms with Crippen molar-refractivity contribution in [2.24, 2.45) is 10.7 Å². The smallest absolute Gasteiger partial charge is 0.423 e. The molecule has 0 spiro atoms. The Bertz CT molecular complexity index is 1550. The van der Waals surface area contributed by atoms with Crippen LogP contribution in [0.1, 0.15) is 29.8 Å². The van der Waals surface area contributed by atoms with Gasteiger partial charge in [0, 0.05) is 19.4 Å². The minimum Gasteiger partial charge on any atom is -0.423 e. The Morgan fingerprint density at radius 2 is 1.44 bits per heavy atom. The van der Waals surface area contributed by atoms with Gasteiger partial charge in [0.2, 0.25) is 5.71 Å². The first-order chi connectivity index (χ1) is 18.7. The van der Waals surface area contributed by atoms with Crippen LogP contribution in [-0.2, 0) is 20.9 Å². The summed E-state index contributed by atoms with van der Waals surface area (Å²) in [7, 11) is 0. The van der Waals surface area contributed by atoms with Gasteiger partial charge in [-0.1, -0.05) is 48.5 Å². The molecule has 39 heavy (non-hydrogen) atoms. The number of amidine groups is 1. The molecule has 1 aliphatic heterocycles. The van der Waals surface area contributed by atoms with Gasteiger partial charge >= 0.3 is 23.9 Å². The fourth-order valence-electron chi connectivity index (χ4n) is 3.77. The van der Waals surface area contributed by atoms with Gasteiger partial charge in [0.1, 0.15) is 12.2 Å². The SMILES string of the molecule is CC(=O)Oc1ccc(C(=O)N=C2C(=O)N(Cc3ccccc3)C(=O)[N+](c3ccccc3)=C2N)cc1OC(C)=O. The molecule has 11 nitrogen and oxygen atoms in total. The van der Waals surface area contributed by atoms with Crippen molar-refractivity contribution in [1.29, 1.82) is 0 Å². The third-order valence-corrected chi connectivity index (χ3v) is 5.46. The molecule has 0 unspecified atom stereocenters. The topological polar surface area (TPSA) is 148 Å². The lowest BCUT2D eigenvalue weighted by molar-refractivity contribution is -0.344. The summed E-state index contributed by atoms with van der Waals surface area (Å²) in [5.74, 6) is -3.76. The Hall–Kier alpha value is -5.45. The maximum Gasteiger partial charge on any atom is 0.451 e. The first-order valence-electron chi connectivity index (χ1n) is 11.7. The molecule has 0 aromatic heterocycles. The van der Waals surface area contributed by atoms with Crippen molar-refractivity contribution in [2.75, 3.05) is 0 Å². The maximum absolute atomic E-state index is 13.4. The normalized spacial score (nSPS) is 14.4. The number of carbonyl (C=O) groups excluding carboxylic acids is 5. The summed E-state index contributed by atoms with van der Waals surface area (Å²) in [5.41, 5.74) is 6.76. The Labute approximate surface area is 222 Å². The van der Waals surface area contributed by atoms with Gasteiger partial charge in [0.25, 0.3) is 11.7 Å². The third kappa shape index (κ3) is 5.93. The third-order valence-electron chi connectivity index (χ3n) is 5.46. The molecule has 4 rings (SSSR count). The number of esters is 2. The van der Waals surface area contributed by atoms with Gasteiger partial charge in [0.15, 0.2) is 11.5 Å². The van der Waals surface area contributed by atoms with E-state index in [0.717, 1.165) is 29.4 Å². The van der Waals surface area contributed by atoms with Crippen molar-refractivity contribution in [1.82, 2.24) is 4.90 Å². The number of para-hydroxylation sites is 1. The van der Waals surface area contributed by atoms with Crippen LogP contribution in [0.5, 0.6) is 11.5 Å². The number of ether oxygens (including phenoxy) is 2. The molecule has 0 saturated carbocycles. The van der Waals surface area contributed by atoms with Gasteiger partial charge < -0.3 is 15.2 Å². The molecule has 2 N–H and O–H groups in total. The van der Waals surface area contributed by atoms with Crippen molar-refractivity contribution in [3.8, 4) is 11.5 Å². The Morgan fingerprint density at radius 3 is 2.05 bits per heavy atom. The highest BCUT2D eigenvalue weighted by Crippen LogP contribution is 2.29. The molecule has 0 atom stereocenters. The lowest BCUT2D eigenvalue weighted by Gasteiger charge is -2.23. The minimum atomic E-state index is -0.911. The first kappa shape index (κ1) is 26.6. The maximum atomic E-state index is 13.4. The van der Waals surface area contributed by atoms with Crippen LogP contribution in [-0.4, -0.2) is 50.8 Å². The van der Waals surface area contributed by atoms with Crippen LogP contribution in [0.2, 0.25) is 0 Å². The van der Waals surface area contributed by atoms with E-state index in [-0.39, 0.29) is 29.4 Å². The number of urea groups is 1. The molecule has 0 saturated heterocycles. The number of hydrogen-bond acceptors (Lipinski definition) is 8. The van der Waals surface area contributed by atoms with Gasteiger partial charge in [0.05, 0.1) is 0 Å². The van der Waals surface area contributed by atoms with Crippen molar-refractivity contribution in [3.63, 3.8) is 0 Å². The van der Waals surface area contributed by atoms with Crippen molar-refractivity contribution >= 4 is 47.0 Å². The van der Waals surface area contributed by atoms with E-state index < -0.39 is 35.5 Å². The van der Waals surface area contributed by atoms with E-state index in [1.54, 1.807) is 60.7 Å². The summed E-state index contributed by atoms with van der Waals surface area (Å²) in [6.07, 6.45) is 0. The van der Waals surface area contributed by atoms with Gasteiger partial charge in [-0.3, -0.25) is 14.4 Å². The molecule has 0 aliphatic carbocycles. The molecule has 1 aliphatic rings. The zero-order chi connectivity index (χ0) is 28.1. The lowest BCUT2D eigenvalue weighted by atomic mass is 10.1. The largest absolute Gasteiger partial charge is 0.451 e. The van der Waals surface area contributed by atoms with Crippen LogP contribution in [0.3, 0.4) is 0 Å². The number of imide groups is 1. The summed E-state index contributed by atoms with van der Waals surface area (Å²) in [6.45, 7) is 2.21. The van der Waals surface area contributed by atoms with Crippen LogP contribution in [0.15, 0.2) is 83.9 Å². The van der Waals surface area contributed by atoms with Crippen LogP contribution in [0.25, 0.3) is 0 Å². The summed E-state index contributed by atoms with van der Waals surface area (Å²) >= 11 is 0. The van der Waals surface area contributed by atoms with Crippen molar-refractivity contribution < 1.29 is 38.0 Å². The molecule has 3 aromatic rings. The Kier molecular flexibility index (Phi) is 7.71. The number of amides is 4. The molecule has 0 fully saturated rings. The van der Waals surface area contributed by atoms with E-state index in [1.807, 2.05) is 0 Å². The predicted octanol–water partition coefficient (Wildman–Crippen LogP) is 2.98. The zero-order valence-corrected chi connectivity index (χ0v) is 21.0. The van der Waals surface area contributed by atoms with Gasteiger partial charge in [-0.15, -0.1) is 0 Å². The molecule has 0 radical (unpaired) electrons. The average Bonchev–Trinajstić information content (AvgIpc) is 2.90. The number of rotatable bonds is 6. The van der Waals surface area contributed by atoms with E-state index in [1.165, 1.54) is 12.1 Å². The van der Waals surface area contributed by atoms with Crippen LogP contribution in [0.4, 0.5) is 10.5 Å². The van der Waals surface area contributed by atoms with E-state index in [9.17, 15) is 24.0 Å². The molecular weight excluding hydrogens is 504 g/mol. The average molecular weight is 528 g/mol. The van der Waals surface area contributed by atoms with Crippen molar-refractivity contribution in [2.45, 2.75) is 20.4 Å². The molecule has 11 heteroatoms. The Morgan fingerprint density at radius 1 is 0.846 bits per heavy atom. The standard InChI is InChI=1S/C28H22N4O7/c1-17(33)38-22-14-13-20(15-23(22)39-18(2)34)26(35)30-24-25(29)32(21-11-7-4-8-12-21)28(37)31(27(24)36)16-19-9-5-3-6-10-19/h3-15,29H,16H2,1-2H3/p+1. The van der Waals surface area contributed by atoms with Crippen LogP contribution < -0.4 is 15.2 Å². The second-order valence-electron chi connectivity index (χ2n) is 8.33. The monoisotopic (exact) mass is 527 g/mol. The predicted molar refractivity (Wildman–Crippen MR) is 139 cm³/mol. The van der Waals surface area contributed by atoms with E-state index in [4.69, 9.17) is 15.2 Å². The lowest BCUT2D eigenvalue weighted by Crippen LogP contribution is -2.56. The van der Waals surface area contributed by atoms with Gasteiger partial charge in [-0.25, -0.2) is 9.59 Å². The van der Waals surface area contributed by atoms with Crippen LogP contribution in [0, 0.1) is 0 Å². The van der Waals surface area contributed by atoms with Crippen molar-refractivity contribution in [3.05, 3.63) is 90.0 Å². The second-order valence-corrected chi connectivity index (χ2v) is 8.33. The molecular formula is C28H23N4O7+. The number of carbonyl (C=O) groups is 5. The summed E-state index contributed by atoms with van der Waals surface area (Å²) in [5, 5.41) is 0. The highest BCUT2D eigenvalue weighted by Gasteiger charge is 2.44. The number of nitrogens with zero attached hydrogens (tertiary/aromatic N) is 3. The molecule has 196 valence electrons. The summed E-state index contributed by atoms with van der Waals surface area (Å²) < 4.78 is 11.2. The van der Waals surface area contributed by atoms with E-state index >= 15 is 0 Å². The molecule has 0 bridgehead atoms. The first-order valence-corrected chi connectivity index (χ1v) is 11.7. The number of benzene rings is 3. The molecule has 1 heterocycles. The highest BCUT2D eigenvalue weighted by atomic mass is 16.6. The zero-order valence-electron chi connectivity index (χ0n) is 21.0. The van der Waals surface area contributed by atoms with Gasteiger partial charge in [-0.05, 0) is 35.9 Å². The number of aliphatic imine (C=N–C) groups is 1. The summed E-state index contributed by atoms with van der Waals surface area (Å²) in [4.78, 5) is 67.9. The summed E-state index contributed by atoms with van der Waals surface area (Å²) in [6, 6.07) is 20.2. The minimum absolute atomic E-state index is 0.0865. The fourth-order valence-corrected chi connectivity index (χ4v) is 3.77. The highest BCUT2D eigenvalue weighted by molar-refractivity contribution is 6.68.